The van der Waals surface area contributed by atoms with E-state index in [1.807, 2.05) is 0 Å². The Balaban J connectivity index is 2.07. The van der Waals surface area contributed by atoms with E-state index < -0.39 is 0 Å². The van der Waals surface area contributed by atoms with Crippen LogP contribution in [0.1, 0.15) is 64.7 Å². The first kappa shape index (κ1) is 17.3. The summed E-state index contributed by atoms with van der Waals surface area (Å²) in [6, 6.07) is 0.648. The lowest BCUT2D eigenvalue weighted by Gasteiger charge is -2.29. The lowest BCUT2D eigenvalue weighted by Crippen LogP contribution is -2.41. The van der Waals surface area contributed by atoms with Crippen molar-refractivity contribution in [3.63, 3.8) is 0 Å². The average Bonchev–Trinajstić information content (AvgIpc) is 2.71. The van der Waals surface area contributed by atoms with Gasteiger partial charge in [0.1, 0.15) is 0 Å². The van der Waals surface area contributed by atoms with Gasteiger partial charge in [-0.1, -0.05) is 51.9 Å². The summed E-state index contributed by atoms with van der Waals surface area (Å²) in [5.74, 6) is 2.64. The van der Waals surface area contributed by atoms with Gasteiger partial charge in [-0.25, -0.2) is 0 Å². The van der Waals surface area contributed by atoms with Crippen molar-refractivity contribution in [3.05, 3.63) is 0 Å². The standard InChI is InChI=1S/C16H34N2S/c1-2-3-4-5-6-7-8-10-16(15-17)18-11-9-13-19-14-12-18/h16H,2-15,17H2,1H3. The Hall–Kier alpha value is 0.270. The number of unbranched alkanes of at least 4 members (excludes halogenated alkanes) is 6. The molecule has 1 aliphatic rings. The highest BCUT2D eigenvalue weighted by molar-refractivity contribution is 7.99. The smallest absolute Gasteiger partial charge is 0.0218 e. The minimum atomic E-state index is 0.648. The maximum absolute atomic E-state index is 5.99. The van der Waals surface area contributed by atoms with E-state index >= 15 is 0 Å². The fraction of sp³-hybridized carbons (Fsp3) is 1.00. The molecule has 1 saturated heterocycles. The lowest BCUT2D eigenvalue weighted by molar-refractivity contribution is 0.202. The first-order valence-corrected chi connectivity index (χ1v) is 9.55. The molecule has 0 aliphatic carbocycles. The Labute approximate surface area is 124 Å². The van der Waals surface area contributed by atoms with Crippen molar-refractivity contribution < 1.29 is 0 Å². The van der Waals surface area contributed by atoms with E-state index in [2.05, 4.69) is 23.6 Å². The lowest BCUT2D eigenvalue weighted by atomic mass is 10.0. The average molecular weight is 287 g/mol. The highest BCUT2D eigenvalue weighted by Gasteiger charge is 2.17. The molecule has 0 amide bonds. The Morgan fingerprint density at radius 1 is 1.00 bits per heavy atom. The summed E-state index contributed by atoms with van der Waals surface area (Å²) in [5.41, 5.74) is 5.99. The van der Waals surface area contributed by atoms with Crippen LogP contribution in [0.5, 0.6) is 0 Å². The fourth-order valence-corrected chi connectivity index (χ4v) is 3.82. The normalized spacial score (nSPS) is 19.3. The predicted molar refractivity (Wildman–Crippen MR) is 89.0 cm³/mol. The third-order valence-electron chi connectivity index (χ3n) is 4.19. The van der Waals surface area contributed by atoms with E-state index in [-0.39, 0.29) is 0 Å². The molecule has 3 heteroatoms. The number of hydrogen-bond donors (Lipinski definition) is 1. The summed E-state index contributed by atoms with van der Waals surface area (Å²) in [5, 5.41) is 0. The molecule has 0 aromatic carbocycles. The number of nitrogens with zero attached hydrogens (tertiary/aromatic N) is 1. The second-order valence-electron chi connectivity index (χ2n) is 5.80. The Kier molecular flexibility index (Phi) is 11.0. The van der Waals surface area contributed by atoms with Crippen LogP contribution in [0.3, 0.4) is 0 Å². The third kappa shape index (κ3) is 8.21. The molecule has 1 rings (SSSR count). The van der Waals surface area contributed by atoms with Gasteiger partial charge in [0.2, 0.25) is 0 Å². The minimum Gasteiger partial charge on any atom is -0.329 e. The van der Waals surface area contributed by atoms with Gasteiger partial charge in [0, 0.05) is 24.9 Å². The van der Waals surface area contributed by atoms with E-state index in [1.54, 1.807) is 0 Å². The van der Waals surface area contributed by atoms with Gasteiger partial charge in [0.25, 0.3) is 0 Å². The predicted octanol–water partition coefficient (Wildman–Crippen LogP) is 3.89. The van der Waals surface area contributed by atoms with Crippen molar-refractivity contribution >= 4 is 11.8 Å². The zero-order valence-corrected chi connectivity index (χ0v) is 13.7. The van der Waals surface area contributed by atoms with E-state index in [0.29, 0.717) is 6.04 Å². The van der Waals surface area contributed by atoms with Gasteiger partial charge in [0.05, 0.1) is 0 Å². The van der Waals surface area contributed by atoms with Crippen LogP contribution < -0.4 is 5.73 Å². The number of hydrogen-bond acceptors (Lipinski definition) is 3. The number of rotatable bonds is 10. The third-order valence-corrected chi connectivity index (χ3v) is 5.23. The maximum atomic E-state index is 5.99. The van der Waals surface area contributed by atoms with Crippen LogP contribution >= 0.6 is 11.8 Å². The minimum absolute atomic E-state index is 0.648. The monoisotopic (exact) mass is 286 g/mol. The summed E-state index contributed by atoms with van der Waals surface area (Å²) in [6.07, 6.45) is 12.5. The zero-order chi connectivity index (χ0) is 13.8. The van der Waals surface area contributed by atoms with Gasteiger partial charge in [-0.3, -0.25) is 4.90 Å². The second-order valence-corrected chi connectivity index (χ2v) is 7.03. The first-order valence-electron chi connectivity index (χ1n) is 8.40. The van der Waals surface area contributed by atoms with Crippen molar-refractivity contribution in [2.45, 2.75) is 70.8 Å². The molecule has 2 nitrogen and oxygen atoms in total. The quantitative estimate of drug-likeness (QED) is 0.618. The van der Waals surface area contributed by atoms with Crippen LogP contribution in [0, 0.1) is 0 Å². The summed E-state index contributed by atoms with van der Waals surface area (Å²) < 4.78 is 0. The molecule has 114 valence electrons. The number of thioether (sulfide) groups is 1. The van der Waals surface area contributed by atoms with Crippen LogP contribution in [0.25, 0.3) is 0 Å². The van der Waals surface area contributed by atoms with Gasteiger partial charge >= 0.3 is 0 Å². The Bertz CT molecular complexity index is 191. The van der Waals surface area contributed by atoms with Crippen LogP contribution in [0.2, 0.25) is 0 Å². The molecule has 0 saturated carbocycles. The summed E-state index contributed by atoms with van der Waals surface area (Å²) in [4.78, 5) is 2.65. The highest BCUT2D eigenvalue weighted by atomic mass is 32.2. The second kappa shape index (κ2) is 12.0. The van der Waals surface area contributed by atoms with Crippen molar-refractivity contribution in [2.24, 2.45) is 5.73 Å². The molecule has 2 N–H and O–H groups in total. The number of nitrogens with two attached hydrogens (primary N) is 1. The van der Waals surface area contributed by atoms with E-state index in [9.17, 15) is 0 Å². The maximum Gasteiger partial charge on any atom is 0.0218 e. The molecule has 0 aromatic heterocycles. The molecule has 19 heavy (non-hydrogen) atoms. The fourth-order valence-electron chi connectivity index (χ4n) is 2.92. The van der Waals surface area contributed by atoms with Crippen LogP contribution in [-0.4, -0.2) is 42.1 Å². The molecule has 0 radical (unpaired) electrons. The summed E-state index contributed by atoms with van der Waals surface area (Å²) in [6.45, 7) is 5.65. The van der Waals surface area contributed by atoms with Crippen LogP contribution in [0.15, 0.2) is 0 Å². The summed E-state index contributed by atoms with van der Waals surface area (Å²) in [7, 11) is 0. The van der Waals surface area contributed by atoms with Gasteiger partial charge in [-0.05, 0) is 25.1 Å². The van der Waals surface area contributed by atoms with E-state index in [4.69, 9.17) is 5.73 Å². The molecule has 1 heterocycles. The Morgan fingerprint density at radius 2 is 1.74 bits per heavy atom. The van der Waals surface area contributed by atoms with E-state index in [0.717, 1.165) is 6.54 Å². The van der Waals surface area contributed by atoms with Gasteiger partial charge < -0.3 is 5.73 Å². The molecular formula is C16H34N2S. The molecule has 1 atom stereocenters. The van der Waals surface area contributed by atoms with Gasteiger partial charge in [-0.2, -0.15) is 11.8 Å². The van der Waals surface area contributed by atoms with Crippen molar-refractivity contribution in [1.29, 1.82) is 0 Å². The Morgan fingerprint density at radius 3 is 2.47 bits per heavy atom. The van der Waals surface area contributed by atoms with Crippen LogP contribution in [0.4, 0.5) is 0 Å². The van der Waals surface area contributed by atoms with Crippen molar-refractivity contribution in [3.8, 4) is 0 Å². The molecular weight excluding hydrogens is 252 g/mol. The molecule has 0 bridgehead atoms. The summed E-state index contributed by atoms with van der Waals surface area (Å²) >= 11 is 2.10. The SMILES string of the molecule is CCCCCCCCCC(CN)N1CCCSCC1. The molecule has 0 spiro atoms. The van der Waals surface area contributed by atoms with Gasteiger partial charge in [0.15, 0.2) is 0 Å². The van der Waals surface area contributed by atoms with Crippen molar-refractivity contribution in [2.75, 3.05) is 31.1 Å². The van der Waals surface area contributed by atoms with E-state index in [1.165, 1.54) is 82.4 Å². The first-order chi connectivity index (χ1) is 9.38. The zero-order valence-electron chi connectivity index (χ0n) is 12.9. The van der Waals surface area contributed by atoms with Crippen molar-refractivity contribution in [1.82, 2.24) is 4.90 Å². The molecule has 1 aliphatic heterocycles. The molecule has 0 aromatic rings. The van der Waals surface area contributed by atoms with Crippen LogP contribution in [-0.2, 0) is 0 Å². The highest BCUT2D eigenvalue weighted by Crippen LogP contribution is 2.16. The topological polar surface area (TPSA) is 29.3 Å². The molecule has 1 unspecified atom stereocenters. The van der Waals surface area contributed by atoms with Gasteiger partial charge in [-0.15, -0.1) is 0 Å². The molecule has 1 fully saturated rings. The largest absolute Gasteiger partial charge is 0.329 e.